The van der Waals surface area contributed by atoms with Crippen molar-refractivity contribution in [3.05, 3.63) is 0 Å². The van der Waals surface area contributed by atoms with Crippen LogP contribution in [0.3, 0.4) is 0 Å². The van der Waals surface area contributed by atoms with Gasteiger partial charge in [-0.2, -0.15) is 0 Å². The summed E-state index contributed by atoms with van der Waals surface area (Å²) >= 11 is 0. The molecule has 1 fully saturated rings. The number of nitrogens with one attached hydrogen (secondary N) is 1. The Kier molecular flexibility index (Phi) is 2.84. The SMILES string of the molecule is COC(=O)C1CNC[C@H](C)O1. The van der Waals surface area contributed by atoms with Crippen LogP contribution in [-0.4, -0.2) is 38.4 Å². The number of rotatable bonds is 1. The molecule has 4 heteroatoms. The van der Waals surface area contributed by atoms with Gasteiger partial charge in [-0.05, 0) is 6.92 Å². The zero-order chi connectivity index (χ0) is 8.27. The minimum atomic E-state index is -0.427. The highest BCUT2D eigenvalue weighted by atomic mass is 16.6. The van der Waals surface area contributed by atoms with Crippen LogP contribution in [-0.2, 0) is 14.3 Å². The van der Waals surface area contributed by atoms with Gasteiger partial charge in [0.1, 0.15) is 0 Å². The van der Waals surface area contributed by atoms with Gasteiger partial charge in [-0.25, -0.2) is 4.79 Å². The van der Waals surface area contributed by atoms with Crippen LogP contribution in [0.4, 0.5) is 0 Å². The van der Waals surface area contributed by atoms with Gasteiger partial charge in [0.05, 0.1) is 13.2 Å². The van der Waals surface area contributed by atoms with Crippen LogP contribution in [0.5, 0.6) is 0 Å². The molecule has 1 heterocycles. The lowest BCUT2D eigenvalue weighted by atomic mass is 10.2. The second-order valence-corrected chi connectivity index (χ2v) is 2.62. The molecule has 0 bridgehead atoms. The van der Waals surface area contributed by atoms with E-state index in [4.69, 9.17) is 4.74 Å². The van der Waals surface area contributed by atoms with E-state index in [9.17, 15) is 4.79 Å². The highest BCUT2D eigenvalue weighted by Gasteiger charge is 2.25. The number of morpholine rings is 1. The van der Waals surface area contributed by atoms with Crippen LogP contribution >= 0.6 is 0 Å². The van der Waals surface area contributed by atoms with E-state index in [1.807, 2.05) is 6.92 Å². The van der Waals surface area contributed by atoms with Crippen LogP contribution in [0.15, 0.2) is 0 Å². The zero-order valence-corrected chi connectivity index (χ0v) is 6.79. The maximum atomic E-state index is 10.9. The van der Waals surface area contributed by atoms with Gasteiger partial charge in [0.2, 0.25) is 0 Å². The molecule has 0 aromatic carbocycles. The van der Waals surface area contributed by atoms with Gasteiger partial charge in [0, 0.05) is 13.1 Å². The fraction of sp³-hybridized carbons (Fsp3) is 0.857. The largest absolute Gasteiger partial charge is 0.467 e. The van der Waals surface area contributed by atoms with E-state index in [1.165, 1.54) is 7.11 Å². The Hall–Kier alpha value is -0.610. The lowest BCUT2D eigenvalue weighted by molar-refractivity contribution is -0.159. The molecular formula is C7H13NO3. The predicted octanol–water partition coefficient (Wildman–Crippen LogP) is -0.464. The Labute approximate surface area is 65.9 Å². The second-order valence-electron chi connectivity index (χ2n) is 2.62. The van der Waals surface area contributed by atoms with E-state index in [2.05, 4.69) is 10.1 Å². The van der Waals surface area contributed by atoms with Crippen LogP contribution in [0.2, 0.25) is 0 Å². The number of carbonyl (C=O) groups excluding carboxylic acids is 1. The summed E-state index contributed by atoms with van der Waals surface area (Å²) in [5.74, 6) is -0.302. The lowest BCUT2D eigenvalue weighted by Crippen LogP contribution is -2.47. The first-order valence-electron chi connectivity index (χ1n) is 3.68. The maximum absolute atomic E-state index is 10.9. The molecule has 64 valence electrons. The smallest absolute Gasteiger partial charge is 0.336 e. The van der Waals surface area contributed by atoms with Gasteiger partial charge in [0.15, 0.2) is 6.10 Å². The van der Waals surface area contributed by atoms with Gasteiger partial charge < -0.3 is 14.8 Å². The Morgan fingerprint density at radius 2 is 2.36 bits per heavy atom. The van der Waals surface area contributed by atoms with E-state index in [-0.39, 0.29) is 12.1 Å². The Balaban J connectivity index is 2.39. The van der Waals surface area contributed by atoms with Crippen molar-refractivity contribution < 1.29 is 14.3 Å². The van der Waals surface area contributed by atoms with Crippen molar-refractivity contribution in [3.63, 3.8) is 0 Å². The van der Waals surface area contributed by atoms with Crippen molar-refractivity contribution in [2.75, 3.05) is 20.2 Å². The molecule has 1 N–H and O–H groups in total. The molecule has 0 amide bonds. The summed E-state index contributed by atoms with van der Waals surface area (Å²) in [7, 11) is 1.37. The number of methoxy groups -OCH3 is 1. The normalized spacial score (nSPS) is 31.5. The molecule has 1 aliphatic rings. The van der Waals surface area contributed by atoms with Crippen LogP contribution < -0.4 is 5.32 Å². The second kappa shape index (κ2) is 3.69. The fourth-order valence-electron chi connectivity index (χ4n) is 1.06. The van der Waals surface area contributed by atoms with Crippen molar-refractivity contribution in [1.29, 1.82) is 0 Å². The molecule has 11 heavy (non-hydrogen) atoms. The molecule has 0 saturated carbocycles. The van der Waals surface area contributed by atoms with Gasteiger partial charge in [0.25, 0.3) is 0 Å². The third-order valence-electron chi connectivity index (χ3n) is 1.62. The van der Waals surface area contributed by atoms with Crippen molar-refractivity contribution in [3.8, 4) is 0 Å². The number of carbonyl (C=O) groups is 1. The van der Waals surface area contributed by atoms with Crippen molar-refractivity contribution in [1.82, 2.24) is 5.32 Å². The van der Waals surface area contributed by atoms with Gasteiger partial charge in [-0.1, -0.05) is 0 Å². The molecule has 2 atom stereocenters. The summed E-state index contributed by atoms with van der Waals surface area (Å²) in [6.07, 6.45) is -0.336. The Morgan fingerprint density at radius 1 is 1.64 bits per heavy atom. The van der Waals surface area contributed by atoms with Gasteiger partial charge in [-0.3, -0.25) is 0 Å². The number of esters is 1. The lowest BCUT2D eigenvalue weighted by Gasteiger charge is -2.26. The highest BCUT2D eigenvalue weighted by molar-refractivity contribution is 5.74. The van der Waals surface area contributed by atoms with E-state index in [0.29, 0.717) is 6.54 Å². The van der Waals surface area contributed by atoms with Crippen LogP contribution in [0.25, 0.3) is 0 Å². The molecule has 4 nitrogen and oxygen atoms in total. The summed E-state index contributed by atoms with van der Waals surface area (Å²) in [6.45, 7) is 3.27. The molecule has 0 aromatic rings. The predicted molar refractivity (Wildman–Crippen MR) is 39.2 cm³/mol. The average Bonchev–Trinajstić information content (AvgIpc) is 2.03. The molecule has 0 radical (unpaired) electrons. The van der Waals surface area contributed by atoms with Crippen LogP contribution in [0.1, 0.15) is 6.92 Å². The zero-order valence-electron chi connectivity index (χ0n) is 6.79. The van der Waals surface area contributed by atoms with Crippen molar-refractivity contribution >= 4 is 5.97 Å². The first-order chi connectivity index (χ1) is 5.24. The molecule has 1 rings (SSSR count). The van der Waals surface area contributed by atoms with E-state index < -0.39 is 6.10 Å². The number of hydrogen-bond donors (Lipinski definition) is 1. The third-order valence-corrected chi connectivity index (χ3v) is 1.62. The molecule has 1 unspecified atom stereocenters. The number of ether oxygens (including phenoxy) is 2. The highest BCUT2D eigenvalue weighted by Crippen LogP contribution is 2.03. The summed E-state index contributed by atoms with van der Waals surface area (Å²) in [5.41, 5.74) is 0. The first kappa shape index (κ1) is 8.49. The topological polar surface area (TPSA) is 47.6 Å². The van der Waals surface area contributed by atoms with E-state index in [0.717, 1.165) is 6.54 Å². The van der Waals surface area contributed by atoms with Crippen molar-refractivity contribution in [2.24, 2.45) is 0 Å². The minimum absolute atomic E-state index is 0.0906. The Morgan fingerprint density at radius 3 is 2.91 bits per heavy atom. The van der Waals surface area contributed by atoms with Gasteiger partial charge in [-0.15, -0.1) is 0 Å². The van der Waals surface area contributed by atoms with Gasteiger partial charge >= 0.3 is 5.97 Å². The summed E-state index contributed by atoms with van der Waals surface area (Å²) in [4.78, 5) is 10.9. The maximum Gasteiger partial charge on any atom is 0.336 e. The molecule has 0 spiro atoms. The molecule has 0 aliphatic carbocycles. The fourth-order valence-corrected chi connectivity index (χ4v) is 1.06. The monoisotopic (exact) mass is 159 g/mol. The molecular weight excluding hydrogens is 146 g/mol. The standard InChI is InChI=1S/C7H13NO3/c1-5-3-8-4-6(11-5)7(9)10-2/h5-6,8H,3-4H2,1-2H3/t5-,6?/m0/s1. The van der Waals surface area contributed by atoms with E-state index in [1.54, 1.807) is 0 Å². The first-order valence-corrected chi connectivity index (χ1v) is 3.68. The molecule has 1 saturated heterocycles. The van der Waals surface area contributed by atoms with E-state index >= 15 is 0 Å². The third kappa shape index (κ3) is 2.17. The quantitative estimate of drug-likeness (QED) is 0.526. The van der Waals surface area contributed by atoms with Crippen molar-refractivity contribution in [2.45, 2.75) is 19.1 Å². The summed E-state index contributed by atoms with van der Waals surface area (Å²) < 4.78 is 9.84. The Bertz CT molecular complexity index is 149. The summed E-state index contributed by atoms with van der Waals surface area (Å²) in [6, 6.07) is 0. The number of hydrogen-bond acceptors (Lipinski definition) is 4. The summed E-state index contributed by atoms with van der Waals surface area (Å²) in [5, 5.41) is 3.07. The minimum Gasteiger partial charge on any atom is -0.467 e. The molecule has 1 aliphatic heterocycles. The average molecular weight is 159 g/mol. The molecule has 0 aromatic heterocycles. The van der Waals surface area contributed by atoms with Crippen LogP contribution in [0, 0.1) is 0 Å².